The first-order chi connectivity index (χ1) is 9.84. The van der Waals surface area contributed by atoms with Gasteiger partial charge in [0.1, 0.15) is 17.8 Å². The third-order valence-corrected chi connectivity index (χ3v) is 4.25. The normalized spacial score (nSPS) is 17.9. The molecule has 7 heteroatoms. The minimum Gasteiger partial charge on any atom is -0.340 e. The van der Waals surface area contributed by atoms with Crippen molar-refractivity contribution in [3.63, 3.8) is 0 Å². The maximum atomic E-state index is 14.1. The number of carbonyl (C=O) groups excluding carboxylic acids is 2. The summed E-state index contributed by atoms with van der Waals surface area (Å²) in [5.74, 6) is -2.69. The second kappa shape index (κ2) is 5.71. The maximum absolute atomic E-state index is 14.1. The lowest BCUT2D eigenvalue weighted by Gasteiger charge is -2.41. The fraction of sp³-hybridized carbons (Fsp3) is 0.429. The van der Waals surface area contributed by atoms with Crippen LogP contribution < -0.4 is 10.2 Å². The smallest absolute Gasteiger partial charge is 0.253 e. The zero-order valence-electron chi connectivity index (χ0n) is 11.7. The number of amides is 2. The number of benzene rings is 1. The molecule has 4 nitrogen and oxygen atoms in total. The summed E-state index contributed by atoms with van der Waals surface area (Å²) in [6.07, 6.45) is 0.703. The Labute approximate surface area is 129 Å². The van der Waals surface area contributed by atoms with Crippen molar-refractivity contribution in [3.05, 3.63) is 28.2 Å². The zero-order valence-corrected chi connectivity index (χ0v) is 13.3. The van der Waals surface area contributed by atoms with Gasteiger partial charge in [0.15, 0.2) is 11.6 Å². The van der Waals surface area contributed by atoms with E-state index in [-0.39, 0.29) is 4.47 Å². The highest BCUT2D eigenvalue weighted by atomic mass is 79.9. The Morgan fingerprint density at radius 3 is 2.24 bits per heavy atom. The lowest BCUT2D eigenvalue weighted by Crippen LogP contribution is -2.66. The molecule has 1 aliphatic rings. The van der Waals surface area contributed by atoms with E-state index in [1.165, 1.54) is 0 Å². The summed E-state index contributed by atoms with van der Waals surface area (Å²) in [4.78, 5) is 25.4. The summed E-state index contributed by atoms with van der Waals surface area (Å²) < 4.78 is 28.3. The van der Waals surface area contributed by atoms with Crippen LogP contribution in [0.15, 0.2) is 16.6 Å². The molecule has 0 radical (unpaired) electrons. The number of carbonyl (C=O) groups is 2. The van der Waals surface area contributed by atoms with Gasteiger partial charge >= 0.3 is 0 Å². The van der Waals surface area contributed by atoms with Crippen LogP contribution in [0.2, 0.25) is 0 Å². The van der Waals surface area contributed by atoms with E-state index < -0.39 is 41.2 Å². The van der Waals surface area contributed by atoms with E-state index in [9.17, 15) is 18.4 Å². The fourth-order valence-electron chi connectivity index (χ4n) is 2.54. The summed E-state index contributed by atoms with van der Waals surface area (Å²) >= 11 is 2.99. The van der Waals surface area contributed by atoms with Gasteiger partial charge in [0, 0.05) is 4.47 Å². The molecule has 0 spiro atoms. The number of rotatable bonds is 3. The predicted molar refractivity (Wildman–Crippen MR) is 77.9 cm³/mol. The van der Waals surface area contributed by atoms with Crippen LogP contribution in [0.1, 0.15) is 26.7 Å². The van der Waals surface area contributed by atoms with Crippen LogP contribution in [-0.4, -0.2) is 23.9 Å². The third-order valence-electron chi connectivity index (χ3n) is 3.79. The first-order valence-electron chi connectivity index (χ1n) is 6.62. The number of hydrogen-bond acceptors (Lipinski definition) is 2. The first-order valence-corrected chi connectivity index (χ1v) is 7.41. The molecular formula is C14H15BrF2N2O2. The molecule has 2 rings (SSSR count). The van der Waals surface area contributed by atoms with E-state index >= 15 is 0 Å². The third kappa shape index (κ3) is 2.66. The minimum atomic E-state index is -1.11. The van der Waals surface area contributed by atoms with Crippen LogP contribution in [0.4, 0.5) is 14.5 Å². The Morgan fingerprint density at radius 1 is 1.24 bits per heavy atom. The molecule has 0 aromatic heterocycles. The van der Waals surface area contributed by atoms with E-state index in [2.05, 4.69) is 21.2 Å². The topological polar surface area (TPSA) is 49.4 Å². The number of nitrogens with zero attached hydrogens (tertiary/aromatic N) is 1. The number of anilines is 1. The van der Waals surface area contributed by atoms with Gasteiger partial charge in [0.25, 0.3) is 5.91 Å². The summed E-state index contributed by atoms with van der Waals surface area (Å²) in [5.41, 5.74) is -1.59. The van der Waals surface area contributed by atoms with E-state index in [4.69, 9.17) is 0 Å². The summed E-state index contributed by atoms with van der Waals surface area (Å²) in [5, 5.41) is 2.64. The van der Waals surface area contributed by atoms with Gasteiger partial charge in [-0.1, -0.05) is 29.8 Å². The minimum absolute atomic E-state index is 0.229. The average molecular weight is 361 g/mol. The highest BCUT2D eigenvalue weighted by molar-refractivity contribution is 9.10. The Balaban J connectivity index is 2.53. The van der Waals surface area contributed by atoms with E-state index in [0.29, 0.717) is 12.8 Å². The molecule has 1 aromatic rings. The van der Waals surface area contributed by atoms with Crippen LogP contribution in [0.25, 0.3) is 0 Å². The fourth-order valence-corrected chi connectivity index (χ4v) is 2.94. The number of piperazine rings is 1. The van der Waals surface area contributed by atoms with Crippen molar-refractivity contribution in [2.24, 2.45) is 0 Å². The van der Waals surface area contributed by atoms with Crippen LogP contribution >= 0.6 is 15.9 Å². The quantitative estimate of drug-likeness (QED) is 0.900. The zero-order chi connectivity index (χ0) is 15.8. The molecule has 1 fully saturated rings. The molecule has 0 atom stereocenters. The van der Waals surface area contributed by atoms with Crippen molar-refractivity contribution in [3.8, 4) is 0 Å². The lowest BCUT2D eigenvalue weighted by atomic mass is 9.88. The number of halogens is 3. The Kier molecular flexibility index (Phi) is 4.32. The van der Waals surface area contributed by atoms with E-state index in [1.807, 2.05) is 0 Å². The van der Waals surface area contributed by atoms with Crippen molar-refractivity contribution < 1.29 is 18.4 Å². The SMILES string of the molecule is CCC1(CC)NC(=O)CN(c2c(F)cc(Br)cc2F)C1=O. The van der Waals surface area contributed by atoms with Gasteiger partial charge in [0.05, 0.1) is 0 Å². The van der Waals surface area contributed by atoms with Crippen LogP contribution in [0, 0.1) is 11.6 Å². The first kappa shape index (κ1) is 15.9. The molecule has 114 valence electrons. The van der Waals surface area contributed by atoms with Crippen molar-refractivity contribution in [1.82, 2.24) is 5.32 Å². The molecule has 0 unspecified atom stereocenters. The Hall–Kier alpha value is -1.50. The molecule has 0 saturated carbocycles. The van der Waals surface area contributed by atoms with Crippen molar-refractivity contribution in [2.45, 2.75) is 32.2 Å². The van der Waals surface area contributed by atoms with Gasteiger partial charge in [-0.25, -0.2) is 8.78 Å². The molecule has 1 aromatic carbocycles. The molecule has 0 bridgehead atoms. The van der Waals surface area contributed by atoms with Gasteiger partial charge in [-0.05, 0) is 25.0 Å². The maximum Gasteiger partial charge on any atom is 0.253 e. The van der Waals surface area contributed by atoms with E-state index in [1.54, 1.807) is 13.8 Å². The predicted octanol–water partition coefficient (Wildman–Crippen LogP) is 2.75. The standard InChI is InChI=1S/C14H15BrF2N2O2/c1-3-14(4-2)13(21)19(7-11(20)18-14)12-9(16)5-8(15)6-10(12)17/h5-6H,3-4,7H2,1-2H3,(H,18,20). The highest BCUT2D eigenvalue weighted by Crippen LogP contribution is 2.32. The average Bonchev–Trinajstić information content (AvgIpc) is 2.41. The lowest BCUT2D eigenvalue weighted by molar-refractivity contribution is -0.136. The summed E-state index contributed by atoms with van der Waals surface area (Å²) in [6.45, 7) is 3.11. The molecule has 1 aliphatic heterocycles. The molecule has 2 amide bonds. The summed E-state index contributed by atoms with van der Waals surface area (Å²) in [6, 6.07) is 2.13. The van der Waals surface area contributed by atoms with Crippen molar-refractivity contribution in [2.75, 3.05) is 11.4 Å². The van der Waals surface area contributed by atoms with Gasteiger partial charge < -0.3 is 5.32 Å². The molecule has 0 aliphatic carbocycles. The van der Waals surface area contributed by atoms with Crippen LogP contribution in [-0.2, 0) is 9.59 Å². The summed E-state index contributed by atoms with van der Waals surface area (Å²) in [7, 11) is 0. The molecule has 1 saturated heterocycles. The second-order valence-corrected chi connectivity index (χ2v) is 5.86. The van der Waals surface area contributed by atoms with Gasteiger partial charge in [-0.15, -0.1) is 0 Å². The van der Waals surface area contributed by atoms with Crippen LogP contribution in [0.5, 0.6) is 0 Å². The highest BCUT2D eigenvalue weighted by Gasteiger charge is 2.45. The second-order valence-electron chi connectivity index (χ2n) is 4.95. The molecular weight excluding hydrogens is 346 g/mol. The largest absolute Gasteiger partial charge is 0.340 e. The molecule has 1 N–H and O–H groups in total. The van der Waals surface area contributed by atoms with E-state index in [0.717, 1.165) is 17.0 Å². The van der Waals surface area contributed by atoms with Crippen molar-refractivity contribution >= 4 is 33.4 Å². The van der Waals surface area contributed by atoms with Gasteiger partial charge in [0.2, 0.25) is 5.91 Å². The monoisotopic (exact) mass is 360 g/mol. The Morgan fingerprint density at radius 2 is 1.76 bits per heavy atom. The Bertz CT molecular complexity index is 580. The number of nitrogens with one attached hydrogen (secondary N) is 1. The number of hydrogen-bond donors (Lipinski definition) is 1. The van der Waals surface area contributed by atoms with Gasteiger partial charge in [-0.2, -0.15) is 0 Å². The molecule has 21 heavy (non-hydrogen) atoms. The van der Waals surface area contributed by atoms with Crippen LogP contribution in [0.3, 0.4) is 0 Å². The van der Waals surface area contributed by atoms with Crippen molar-refractivity contribution in [1.29, 1.82) is 0 Å². The van der Waals surface area contributed by atoms with Gasteiger partial charge in [-0.3, -0.25) is 14.5 Å². The molecule has 1 heterocycles.